The van der Waals surface area contributed by atoms with Crippen LogP contribution in [0.25, 0.3) is 0 Å². The number of carbonyl (C=O) groups excluding carboxylic acids is 1. The molecule has 2 aromatic carbocycles. The molecule has 0 aromatic heterocycles. The van der Waals surface area contributed by atoms with Crippen LogP contribution in [0, 0.1) is 0 Å². The van der Waals surface area contributed by atoms with Crippen LogP contribution < -0.4 is 10.2 Å². The number of nitrogens with one attached hydrogen (secondary N) is 1. The van der Waals surface area contributed by atoms with Gasteiger partial charge in [0.05, 0.1) is 28.2 Å². The van der Waals surface area contributed by atoms with Gasteiger partial charge in [0.2, 0.25) is 0 Å². The van der Waals surface area contributed by atoms with E-state index in [1.165, 1.54) is 6.07 Å². The number of alkyl halides is 3. The molecule has 0 bridgehead atoms. The van der Waals surface area contributed by atoms with Crippen molar-refractivity contribution in [3.05, 3.63) is 53.6 Å². The highest BCUT2D eigenvalue weighted by molar-refractivity contribution is 6.01. The molecule has 138 valence electrons. The van der Waals surface area contributed by atoms with E-state index in [-0.39, 0.29) is 5.91 Å². The summed E-state index contributed by atoms with van der Waals surface area (Å²) in [6, 6.07) is 10.6. The summed E-state index contributed by atoms with van der Waals surface area (Å²) in [7, 11) is 1.67. The van der Waals surface area contributed by atoms with Crippen molar-refractivity contribution in [2.45, 2.75) is 13.1 Å². The van der Waals surface area contributed by atoms with Crippen molar-refractivity contribution < 1.29 is 18.0 Å². The predicted octanol–water partition coefficient (Wildman–Crippen LogP) is 4.36. The van der Waals surface area contributed by atoms with Gasteiger partial charge in [0.1, 0.15) is 0 Å². The van der Waals surface area contributed by atoms with E-state index < -0.39 is 11.7 Å². The molecule has 3 rings (SSSR count). The zero-order valence-electron chi connectivity index (χ0n) is 14.6. The maximum atomic E-state index is 13.2. The molecular formula is C19H20F3N3O. The second-order valence-corrected chi connectivity index (χ2v) is 6.12. The van der Waals surface area contributed by atoms with Gasteiger partial charge in [0, 0.05) is 26.7 Å². The number of fused-ring (bicyclic) bond motifs is 2. The number of benzene rings is 2. The Morgan fingerprint density at radius 3 is 2.54 bits per heavy atom. The number of para-hydroxylation sites is 1. The van der Waals surface area contributed by atoms with Crippen LogP contribution in [0.2, 0.25) is 0 Å². The maximum Gasteiger partial charge on any atom is 0.416 e. The van der Waals surface area contributed by atoms with Crippen molar-refractivity contribution >= 4 is 23.0 Å². The summed E-state index contributed by atoms with van der Waals surface area (Å²) >= 11 is 0. The average molecular weight is 363 g/mol. The minimum Gasteiger partial charge on any atom is -0.382 e. The monoisotopic (exact) mass is 363 g/mol. The van der Waals surface area contributed by atoms with Crippen LogP contribution in [0.4, 0.5) is 30.2 Å². The van der Waals surface area contributed by atoms with Gasteiger partial charge in [0.25, 0.3) is 5.91 Å². The van der Waals surface area contributed by atoms with E-state index in [4.69, 9.17) is 0 Å². The molecule has 0 fully saturated rings. The predicted molar refractivity (Wildman–Crippen MR) is 96.0 cm³/mol. The number of hydrogen-bond donors (Lipinski definition) is 1. The third-order valence-corrected chi connectivity index (χ3v) is 4.55. The van der Waals surface area contributed by atoms with Crippen LogP contribution >= 0.6 is 0 Å². The molecule has 0 aliphatic carbocycles. The zero-order chi connectivity index (χ0) is 18.9. The smallest absolute Gasteiger partial charge is 0.382 e. The Balaban J connectivity index is 2.17. The number of likely N-dealkylation sites (N-methyl/N-ethyl adjacent to an activating group) is 1. The topological polar surface area (TPSA) is 35.6 Å². The lowest BCUT2D eigenvalue weighted by atomic mass is 10.1. The summed E-state index contributed by atoms with van der Waals surface area (Å²) in [5.41, 5.74) is 1.30. The van der Waals surface area contributed by atoms with Crippen molar-refractivity contribution in [1.82, 2.24) is 4.90 Å². The SMILES string of the molecule is CCN1CCNc2ccc(C(F)(F)F)cc2N(C)c2ccccc2C1=O. The summed E-state index contributed by atoms with van der Waals surface area (Å²) in [6.07, 6.45) is -4.43. The van der Waals surface area contributed by atoms with Gasteiger partial charge in [-0.1, -0.05) is 12.1 Å². The Labute approximate surface area is 150 Å². The zero-order valence-corrected chi connectivity index (χ0v) is 14.6. The van der Waals surface area contributed by atoms with E-state index in [1.54, 1.807) is 41.1 Å². The second kappa shape index (κ2) is 6.90. The third-order valence-electron chi connectivity index (χ3n) is 4.55. The molecule has 0 radical (unpaired) electrons. The van der Waals surface area contributed by atoms with Crippen LogP contribution in [0.3, 0.4) is 0 Å². The van der Waals surface area contributed by atoms with Crippen molar-refractivity contribution in [3.63, 3.8) is 0 Å². The Morgan fingerprint density at radius 2 is 1.85 bits per heavy atom. The minimum atomic E-state index is -4.43. The molecule has 0 spiro atoms. The highest BCUT2D eigenvalue weighted by atomic mass is 19.4. The fourth-order valence-corrected chi connectivity index (χ4v) is 3.11. The molecule has 1 aliphatic rings. The number of amides is 1. The van der Waals surface area contributed by atoms with Crippen molar-refractivity contribution in [2.24, 2.45) is 0 Å². The van der Waals surface area contributed by atoms with Gasteiger partial charge in [-0.25, -0.2) is 0 Å². The quantitative estimate of drug-likeness (QED) is 0.818. The summed E-state index contributed by atoms with van der Waals surface area (Å²) in [6.45, 7) is 3.37. The van der Waals surface area contributed by atoms with E-state index >= 15 is 0 Å². The average Bonchev–Trinajstić information content (AvgIpc) is 2.63. The van der Waals surface area contributed by atoms with Crippen molar-refractivity contribution in [1.29, 1.82) is 0 Å². The molecule has 7 heteroatoms. The van der Waals surface area contributed by atoms with Crippen LogP contribution in [0.5, 0.6) is 0 Å². The van der Waals surface area contributed by atoms with E-state index in [9.17, 15) is 18.0 Å². The van der Waals surface area contributed by atoms with E-state index in [1.807, 2.05) is 6.92 Å². The first-order chi connectivity index (χ1) is 12.3. The molecule has 0 atom stereocenters. The highest BCUT2D eigenvalue weighted by Gasteiger charge is 2.32. The molecule has 1 aliphatic heterocycles. The molecule has 1 N–H and O–H groups in total. The molecule has 0 saturated carbocycles. The standard InChI is InChI=1S/C19H20F3N3O/c1-3-25-11-10-23-15-9-8-13(19(20,21)22)12-17(15)24(2)16-7-5-4-6-14(16)18(25)26/h4-9,12,23H,3,10-11H2,1-2H3. The van der Waals surface area contributed by atoms with Gasteiger partial charge in [-0.3, -0.25) is 4.79 Å². The fourth-order valence-electron chi connectivity index (χ4n) is 3.11. The van der Waals surface area contributed by atoms with E-state index in [0.717, 1.165) is 12.1 Å². The third kappa shape index (κ3) is 3.34. The normalized spacial score (nSPS) is 15.2. The molecule has 4 nitrogen and oxygen atoms in total. The lowest BCUT2D eigenvalue weighted by Gasteiger charge is -2.30. The lowest BCUT2D eigenvalue weighted by Crippen LogP contribution is -2.36. The Bertz CT molecular complexity index is 820. The summed E-state index contributed by atoms with van der Waals surface area (Å²) in [4.78, 5) is 16.2. The Hall–Kier alpha value is -2.70. The lowest BCUT2D eigenvalue weighted by molar-refractivity contribution is -0.137. The summed E-state index contributed by atoms with van der Waals surface area (Å²) in [5, 5.41) is 3.15. The van der Waals surface area contributed by atoms with Crippen molar-refractivity contribution in [3.8, 4) is 0 Å². The van der Waals surface area contributed by atoms with Gasteiger partial charge in [-0.15, -0.1) is 0 Å². The molecule has 0 saturated heterocycles. The first-order valence-electron chi connectivity index (χ1n) is 8.40. The first-order valence-corrected chi connectivity index (χ1v) is 8.40. The number of hydrogen-bond acceptors (Lipinski definition) is 3. The van der Waals surface area contributed by atoms with Crippen LogP contribution in [-0.2, 0) is 6.18 Å². The Morgan fingerprint density at radius 1 is 1.12 bits per heavy atom. The summed E-state index contributed by atoms with van der Waals surface area (Å²) < 4.78 is 39.5. The van der Waals surface area contributed by atoms with Gasteiger partial charge >= 0.3 is 6.18 Å². The number of anilines is 3. The second-order valence-electron chi connectivity index (χ2n) is 6.12. The summed E-state index contributed by atoms with van der Waals surface area (Å²) in [5.74, 6) is -0.132. The highest BCUT2D eigenvalue weighted by Crippen LogP contribution is 2.39. The molecule has 1 amide bonds. The molecule has 26 heavy (non-hydrogen) atoms. The molecular weight excluding hydrogens is 343 g/mol. The van der Waals surface area contributed by atoms with Crippen LogP contribution in [-0.4, -0.2) is 37.5 Å². The first kappa shape index (κ1) is 18.1. The van der Waals surface area contributed by atoms with Crippen molar-refractivity contribution in [2.75, 3.05) is 36.9 Å². The van der Waals surface area contributed by atoms with E-state index in [2.05, 4.69) is 5.32 Å². The van der Waals surface area contributed by atoms with Gasteiger partial charge in [-0.2, -0.15) is 13.2 Å². The molecule has 1 heterocycles. The van der Waals surface area contributed by atoms with Crippen LogP contribution in [0.1, 0.15) is 22.8 Å². The molecule has 2 aromatic rings. The van der Waals surface area contributed by atoms with Gasteiger partial charge in [-0.05, 0) is 37.3 Å². The number of carbonyl (C=O) groups is 1. The minimum absolute atomic E-state index is 0.132. The maximum absolute atomic E-state index is 13.2. The van der Waals surface area contributed by atoms with Gasteiger partial charge in [0.15, 0.2) is 0 Å². The Kier molecular flexibility index (Phi) is 4.80. The van der Waals surface area contributed by atoms with Crippen LogP contribution in [0.15, 0.2) is 42.5 Å². The number of halogens is 3. The molecule has 0 unspecified atom stereocenters. The fraction of sp³-hybridized carbons (Fsp3) is 0.316. The number of nitrogens with zero attached hydrogens (tertiary/aromatic N) is 2. The van der Waals surface area contributed by atoms with Gasteiger partial charge < -0.3 is 15.1 Å². The number of rotatable bonds is 1. The van der Waals surface area contributed by atoms with E-state index in [0.29, 0.717) is 42.3 Å². The largest absolute Gasteiger partial charge is 0.416 e.